The monoisotopic (exact) mass is 212 g/mol. The van der Waals surface area contributed by atoms with E-state index in [1.54, 1.807) is 0 Å². The predicted molar refractivity (Wildman–Crippen MR) is 62.1 cm³/mol. The van der Waals surface area contributed by atoms with Crippen molar-refractivity contribution in [3.05, 3.63) is 0 Å². The first-order chi connectivity index (χ1) is 7.45. The largest absolute Gasteiger partial charge is 0.381 e. The third kappa shape index (κ3) is 4.09. The van der Waals surface area contributed by atoms with E-state index in [9.17, 15) is 0 Å². The van der Waals surface area contributed by atoms with Gasteiger partial charge in [-0.2, -0.15) is 0 Å². The van der Waals surface area contributed by atoms with Crippen LogP contribution < -0.4 is 10.6 Å². The van der Waals surface area contributed by atoms with Crippen molar-refractivity contribution in [1.29, 1.82) is 0 Å². The smallest absolute Gasteiger partial charge is 0.0506 e. The zero-order valence-corrected chi connectivity index (χ0v) is 9.63. The van der Waals surface area contributed by atoms with Gasteiger partial charge in [0.25, 0.3) is 0 Å². The van der Waals surface area contributed by atoms with Crippen molar-refractivity contribution in [3.63, 3.8) is 0 Å². The summed E-state index contributed by atoms with van der Waals surface area (Å²) in [5.74, 6) is 0.759. The van der Waals surface area contributed by atoms with Gasteiger partial charge in [-0.05, 0) is 51.1 Å². The summed E-state index contributed by atoms with van der Waals surface area (Å²) in [4.78, 5) is 0. The van der Waals surface area contributed by atoms with E-state index in [-0.39, 0.29) is 0 Å². The van der Waals surface area contributed by atoms with Crippen LogP contribution in [0.3, 0.4) is 0 Å². The van der Waals surface area contributed by atoms with Gasteiger partial charge in [0.05, 0.1) is 6.61 Å². The Balaban J connectivity index is 1.62. The van der Waals surface area contributed by atoms with Crippen molar-refractivity contribution in [2.24, 2.45) is 5.92 Å². The summed E-state index contributed by atoms with van der Waals surface area (Å²) < 4.78 is 5.49. The van der Waals surface area contributed by atoms with Crippen LogP contribution in [-0.4, -0.2) is 38.9 Å². The highest BCUT2D eigenvalue weighted by atomic mass is 16.5. The van der Waals surface area contributed by atoms with Gasteiger partial charge in [-0.15, -0.1) is 0 Å². The van der Waals surface area contributed by atoms with Gasteiger partial charge in [0.1, 0.15) is 0 Å². The van der Waals surface area contributed by atoms with E-state index in [1.807, 2.05) is 0 Å². The number of nitrogens with one attached hydrogen (secondary N) is 2. The maximum atomic E-state index is 5.49. The van der Waals surface area contributed by atoms with Crippen LogP contribution in [0.2, 0.25) is 0 Å². The minimum absolute atomic E-state index is 0.738. The molecular weight excluding hydrogens is 188 g/mol. The molecule has 0 radical (unpaired) electrons. The zero-order valence-electron chi connectivity index (χ0n) is 9.63. The summed E-state index contributed by atoms with van der Waals surface area (Å²) in [6, 6.07) is 0.738. The standard InChI is InChI=1S/C12H24N2O/c1-4-12(5-7-13-6-1)14-9-11-3-2-8-15-10-11/h11-14H,1-10H2. The summed E-state index contributed by atoms with van der Waals surface area (Å²) in [5, 5.41) is 7.16. The SMILES string of the molecule is C1COCC(CNC2CCCNCC2)C1. The predicted octanol–water partition coefficient (Wildman–Crippen LogP) is 1.14. The third-order valence-electron chi connectivity index (χ3n) is 3.53. The van der Waals surface area contributed by atoms with Crippen molar-refractivity contribution in [3.8, 4) is 0 Å². The molecule has 15 heavy (non-hydrogen) atoms. The minimum Gasteiger partial charge on any atom is -0.381 e. The Bertz CT molecular complexity index is 161. The van der Waals surface area contributed by atoms with Gasteiger partial charge in [-0.1, -0.05) is 0 Å². The lowest BCUT2D eigenvalue weighted by Gasteiger charge is -2.25. The van der Waals surface area contributed by atoms with Crippen LogP contribution in [0.25, 0.3) is 0 Å². The highest BCUT2D eigenvalue weighted by Gasteiger charge is 2.16. The molecule has 2 aliphatic heterocycles. The fourth-order valence-corrected chi connectivity index (χ4v) is 2.52. The lowest BCUT2D eigenvalue weighted by molar-refractivity contribution is 0.0536. The molecule has 0 aliphatic carbocycles. The van der Waals surface area contributed by atoms with Crippen molar-refractivity contribution < 1.29 is 4.74 Å². The van der Waals surface area contributed by atoms with Crippen LogP contribution in [0.5, 0.6) is 0 Å². The Hall–Kier alpha value is -0.120. The first-order valence-electron chi connectivity index (χ1n) is 6.47. The summed E-state index contributed by atoms with van der Waals surface area (Å²) in [6.07, 6.45) is 6.53. The molecule has 0 saturated carbocycles. The van der Waals surface area contributed by atoms with Crippen LogP contribution in [0.15, 0.2) is 0 Å². The van der Waals surface area contributed by atoms with Gasteiger partial charge in [0, 0.05) is 19.2 Å². The fraction of sp³-hybridized carbons (Fsp3) is 1.00. The maximum absolute atomic E-state index is 5.49. The molecule has 2 unspecified atom stereocenters. The van der Waals surface area contributed by atoms with Crippen LogP contribution in [0.4, 0.5) is 0 Å². The second-order valence-electron chi connectivity index (χ2n) is 4.87. The molecule has 0 aromatic heterocycles. The Morgan fingerprint density at radius 2 is 2.13 bits per heavy atom. The average Bonchev–Trinajstić information content (AvgIpc) is 2.56. The summed E-state index contributed by atoms with van der Waals surface area (Å²) in [5.41, 5.74) is 0. The van der Waals surface area contributed by atoms with Crippen molar-refractivity contribution in [1.82, 2.24) is 10.6 Å². The lowest BCUT2D eigenvalue weighted by Crippen LogP contribution is -2.36. The van der Waals surface area contributed by atoms with Crippen LogP contribution in [0.1, 0.15) is 32.1 Å². The zero-order chi connectivity index (χ0) is 10.3. The Labute approximate surface area is 93.0 Å². The molecule has 2 aliphatic rings. The Morgan fingerprint density at radius 3 is 3.00 bits per heavy atom. The summed E-state index contributed by atoms with van der Waals surface area (Å²) in [7, 11) is 0. The van der Waals surface area contributed by atoms with Crippen molar-refractivity contribution in [2.45, 2.75) is 38.1 Å². The molecule has 88 valence electrons. The number of hydrogen-bond acceptors (Lipinski definition) is 3. The second-order valence-corrected chi connectivity index (χ2v) is 4.87. The highest BCUT2D eigenvalue weighted by molar-refractivity contribution is 4.75. The van der Waals surface area contributed by atoms with E-state index in [2.05, 4.69) is 10.6 Å². The number of hydrogen-bond donors (Lipinski definition) is 2. The highest BCUT2D eigenvalue weighted by Crippen LogP contribution is 2.13. The molecule has 0 bridgehead atoms. The first-order valence-corrected chi connectivity index (χ1v) is 6.47. The van der Waals surface area contributed by atoms with Gasteiger partial charge in [0.2, 0.25) is 0 Å². The molecule has 2 fully saturated rings. The summed E-state index contributed by atoms with van der Waals surface area (Å²) >= 11 is 0. The van der Waals surface area contributed by atoms with E-state index in [4.69, 9.17) is 4.74 Å². The molecule has 3 heteroatoms. The average molecular weight is 212 g/mol. The normalized spacial score (nSPS) is 33.6. The molecule has 0 spiro atoms. The number of ether oxygens (including phenoxy) is 1. The molecule has 0 amide bonds. The second kappa shape index (κ2) is 6.46. The van der Waals surface area contributed by atoms with Crippen LogP contribution in [0, 0.1) is 5.92 Å². The Kier molecular flexibility index (Phi) is 4.90. The molecule has 2 N–H and O–H groups in total. The van der Waals surface area contributed by atoms with Gasteiger partial charge < -0.3 is 15.4 Å². The van der Waals surface area contributed by atoms with E-state index >= 15 is 0 Å². The molecule has 2 atom stereocenters. The summed E-state index contributed by atoms with van der Waals surface area (Å²) in [6.45, 7) is 5.48. The van der Waals surface area contributed by atoms with Crippen LogP contribution in [-0.2, 0) is 4.74 Å². The van der Waals surface area contributed by atoms with E-state index in [1.165, 1.54) is 45.2 Å². The molecule has 0 aromatic rings. The molecule has 2 heterocycles. The molecule has 2 rings (SSSR count). The topological polar surface area (TPSA) is 33.3 Å². The lowest BCUT2D eigenvalue weighted by atomic mass is 10.0. The molecule has 0 aromatic carbocycles. The van der Waals surface area contributed by atoms with E-state index < -0.39 is 0 Å². The molecule has 2 saturated heterocycles. The van der Waals surface area contributed by atoms with Gasteiger partial charge in [-0.25, -0.2) is 0 Å². The Morgan fingerprint density at radius 1 is 1.13 bits per heavy atom. The quantitative estimate of drug-likeness (QED) is 0.736. The minimum atomic E-state index is 0.738. The van der Waals surface area contributed by atoms with Crippen molar-refractivity contribution in [2.75, 3.05) is 32.8 Å². The van der Waals surface area contributed by atoms with E-state index in [0.717, 1.165) is 31.7 Å². The van der Waals surface area contributed by atoms with Gasteiger partial charge >= 0.3 is 0 Å². The van der Waals surface area contributed by atoms with Crippen molar-refractivity contribution >= 4 is 0 Å². The van der Waals surface area contributed by atoms with Gasteiger partial charge in [0.15, 0.2) is 0 Å². The van der Waals surface area contributed by atoms with Crippen LogP contribution >= 0.6 is 0 Å². The molecular formula is C12H24N2O. The molecule has 3 nitrogen and oxygen atoms in total. The van der Waals surface area contributed by atoms with E-state index in [0.29, 0.717) is 0 Å². The third-order valence-corrected chi connectivity index (χ3v) is 3.53. The van der Waals surface area contributed by atoms with Gasteiger partial charge in [-0.3, -0.25) is 0 Å². The number of rotatable bonds is 3. The maximum Gasteiger partial charge on any atom is 0.0506 e. The first kappa shape index (κ1) is 11.4. The fourth-order valence-electron chi connectivity index (χ4n) is 2.52.